The Morgan fingerprint density at radius 1 is 1.03 bits per heavy atom. The number of benzene rings is 3. The van der Waals surface area contributed by atoms with Crippen molar-refractivity contribution in [1.29, 1.82) is 0 Å². The maximum absolute atomic E-state index is 13.2. The molecule has 3 aromatic carbocycles. The number of ketones is 1. The predicted octanol–water partition coefficient (Wildman–Crippen LogP) is 5.52. The number of aliphatic hydroxyl groups excluding tert-OH is 1. The third-order valence-electron chi connectivity index (χ3n) is 6.07. The fourth-order valence-corrected chi connectivity index (χ4v) is 4.46. The average molecular weight is 540 g/mol. The zero-order valence-electron chi connectivity index (χ0n) is 20.9. The van der Waals surface area contributed by atoms with Gasteiger partial charge in [-0.05, 0) is 60.5 Å². The van der Waals surface area contributed by atoms with E-state index in [0.717, 1.165) is 5.56 Å². The minimum absolute atomic E-state index is 0.0997. The molecule has 1 aliphatic heterocycles. The first-order valence-electron chi connectivity index (χ1n) is 12.0. The molecule has 1 saturated heterocycles. The zero-order valence-corrected chi connectivity index (χ0v) is 21.7. The third-order valence-corrected chi connectivity index (χ3v) is 6.40. The van der Waals surface area contributed by atoms with Crippen molar-refractivity contribution in [3.8, 4) is 11.5 Å². The van der Waals surface area contributed by atoms with Crippen LogP contribution in [0.4, 0.5) is 4.39 Å². The summed E-state index contributed by atoms with van der Waals surface area (Å²) in [5.74, 6) is -1.41. The summed E-state index contributed by atoms with van der Waals surface area (Å²) in [5, 5.41) is 11.5. The molecule has 1 atom stereocenters. The van der Waals surface area contributed by atoms with Crippen molar-refractivity contribution in [1.82, 2.24) is 4.90 Å². The van der Waals surface area contributed by atoms with E-state index in [1.807, 2.05) is 6.92 Å². The molecule has 1 heterocycles. The lowest BCUT2D eigenvalue weighted by atomic mass is 9.95. The summed E-state index contributed by atoms with van der Waals surface area (Å²) in [4.78, 5) is 27.7. The Bertz CT molecular complexity index is 1360. The summed E-state index contributed by atoms with van der Waals surface area (Å²) in [6.45, 7) is 2.71. The highest BCUT2D eigenvalue weighted by Gasteiger charge is 2.46. The van der Waals surface area contributed by atoms with E-state index in [2.05, 4.69) is 0 Å². The molecular formula is C29H27ClFNO6. The monoisotopic (exact) mass is 539 g/mol. The van der Waals surface area contributed by atoms with Gasteiger partial charge in [-0.25, -0.2) is 4.39 Å². The van der Waals surface area contributed by atoms with Gasteiger partial charge in [-0.15, -0.1) is 0 Å². The lowest BCUT2D eigenvalue weighted by Gasteiger charge is -2.25. The lowest BCUT2D eigenvalue weighted by molar-refractivity contribution is -0.140. The fourth-order valence-electron chi connectivity index (χ4n) is 4.26. The van der Waals surface area contributed by atoms with Gasteiger partial charge < -0.3 is 24.2 Å². The lowest BCUT2D eigenvalue weighted by Crippen LogP contribution is -2.32. The van der Waals surface area contributed by atoms with E-state index in [4.69, 9.17) is 25.8 Å². The van der Waals surface area contributed by atoms with E-state index < -0.39 is 23.5 Å². The first-order chi connectivity index (χ1) is 18.3. The molecule has 9 heteroatoms. The Morgan fingerprint density at radius 3 is 2.47 bits per heavy atom. The van der Waals surface area contributed by atoms with Crippen molar-refractivity contribution < 1.29 is 33.3 Å². The van der Waals surface area contributed by atoms with Crippen LogP contribution in [0.3, 0.4) is 0 Å². The van der Waals surface area contributed by atoms with Crippen molar-refractivity contribution in [3.05, 3.63) is 99.8 Å². The number of carbonyl (C=O) groups excluding carboxylic acids is 2. The number of hydrogen-bond donors (Lipinski definition) is 1. The van der Waals surface area contributed by atoms with Crippen LogP contribution in [-0.4, -0.2) is 48.6 Å². The number of aliphatic hydroxyl groups is 1. The highest BCUT2D eigenvalue weighted by Crippen LogP contribution is 2.41. The van der Waals surface area contributed by atoms with Crippen LogP contribution in [0.5, 0.6) is 11.5 Å². The molecule has 7 nitrogen and oxygen atoms in total. The van der Waals surface area contributed by atoms with Crippen LogP contribution in [0.15, 0.2) is 72.3 Å². The molecule has 0 spiro atoms. The molecule has 1 unspecified atom stereocenters. The van der Waals surface area contributed by atoms with Crippen LogP contribution in [0.2, 0.25) is 5.02 Å². The second-order valence-corrected chi connectivity index (χ2v) is 8.95. The maximum atomic E-state index is 13.2. The number of amides is 1. The number of halogens is 2. The summed E-state index contributed by atoms with van der Waals surface area (Å²) in [5.41, 5.74) is 1.40. The molecule has 38 heavy (non-hydrogen) atoms. The molecule has 1 aliphatic rings. The second-order valence-electron chi connectivity index (χ2n) is 8.55. The maximum Gasteiger partial charge on any atom is 0.295 e. The number of likely N-dealkylation sites (tertiary alicyclic amines) is 1. The zero-order chi connectivity index (χ0) is 27.2. The molecule has 4 rings (SSSR count). The molecule has 1 N–H and O–H groups in total. The van der Waals surface area contributed by atoms with E-state index in [1.54, 1.807) is 48.5 Å². The normalized spacial score (nSPS) is 16.6. The molecule has 0 saturated carbocycles. The van der Waals surface area contributed by atoms with E-state index in [-0.39, 0.29) is 41.7 Å². The van der Waals surface area contributed by atoms with Crippen LogP contribution >= 0.6 is 11.6 Å². The van der Waals surface area contributed by atoms with Crippen molar-refractivity contribution in [2.45, 2.75) is 19.6 Å². The molecule has 1 amide bonds. The molecule has 1 fully saturated rings. The van der Waals surface area contributed by atoms with Crippen molar-refractivity contribution in [2.24, 2.45) is 0 Å². The van der Waals surface area contributed by atoms with Gasteiger partial charge in [-0.3, -0.25) is 9.59 Å². The van der Waals surface area contributed by atoms with Gasteiger partial charge in [0.2, 0.25) is 0 Å². The summed E-state index contributed by atoms with van der Waals surface area (Å²) in [6, 6.07) is 16.7. The number of ether oxygens (including phenoxy) is 3. The van der Waals surface area contributed by atoms with Gasteiger partial charge >= 0.3 is 0 Å². The molecule has 198 valence electrons. The highest BCUT2D eigenvalue weighted by atomic mass is 35.5. The van der Waals surface area contributed by atoms with Crippen LogP contribution < -0.4 is 9.47 Å². The van der Waals surface area contributed by atoms with Gasteiger partial charge in [0.1, 0.15) is 29.7 Å². The van der Waals surface area contributed by atoms with E-state index in [9.17, 15) is 19.1 Å². The molecule has 0 aromatic heterocycles. The number of Topliss-reactive ketones (excluding diaryl/α,β-unsaturated/α-hetero) is 1. The molecular weight excluding hydrogens is 513 g/mol. The smallest absolute Gasteiger partial charge is 0.295 e. The van der Waals surface area contributed by atoms with E-state index in [0.29, 0.717) is 23.7 Å². The minimum Gasteiger partial charge on any atom is -0.507 e. The fraction of sp³-hybridized carbons (Fsp3) is 0.241. The summed E-state index contributed by atoms with van der Waals surface area (Å²) >= 11 is 6.38. The Balaban J connectivity index is 1.75. The number of nitrogens with zero attached hydrogens (tertiary/aromatic N) is 1. The third kappa shape index (κ3) is 5.82. The largest absolute Gasteiger partial charge is 0.507 e. The van der Waals surface area contributed by atoms with Gasteiger partial charge in [-0.1, -0.05) is 35.9 Å². The number of hydrogen-bond acceptors (Lipinski definition) is 6. The summed E-state index contributed by atoms with van der Waals surface area (Å²) < 4.78 is 29.8. The summed E-state index contributed by atoms with van der Waals surface area (Å²) in [6.07, 6.45) is 0. The second kappa shape index (κ2) is 12.1. The van der Waals surface area contributed by atoms with Crippen LogP contribution in [0, 0.1) is 5.82 Å². The molecule has 0 aliphatic carbocycles. The summed E-state index contributed by atoms with van der Waals surface area (Å²) in [7, 11) is 1.49. The van der Waals surface area contributed by atoms with Gasteiger partial charge in [0, 0.05) is 19.2 Å². The Labute approximate surface area is 225 Å². The first kappa shape index (κ1) is 27.2. The van der Waals surface area contributed by atoms with Crippen LogP contribution in [0.25, 0.3) is 5.76 Å². The minimum atomic E-state index is -0.911. The van der Waals surface area contributed by atoms with Gasteiger partial charge in [0.25, 0.3) is 11.7 Å². The quantitative estimate of drug-likeness (QED) is 0.207. The van der Waals surface area contributed by atoms with Crippen LogP contribution in [0.1, 0.15) is 29.7 Å². The SMILES string of the molecule is CCOc1ccc(Cl)c(/C(O)=C2\C(=O)C(=O)N(CCOC)C2c2cccc(OCc3ccc(F)cc3)c2)c1. The van der Waals surface area contributed by atoms with Crippen molar-refractivity contribution in [3.63, 3.8) is 0 Å². The van der Waals surface area contributed by atoms with E-state index >= 15 is 0 Å². The van der Waals surface area contributed by atoms with Gasteiger partial charge in [0.05, 0.1) is 29.9 Å². The Hall–Kier alpha value is -3.88. The first-order valence-corrected chi connectivity index (χ1v) is 12.4. The number of methoxy groups -OCH3 is 1. The number of carbonyl (C=O) groups is 2. The highest BCUT2D eigenvalue weighted by molar-refractivity contribution is 6.47. The van der Waals surface area contributed by atoms with Gasteiger partial charge in [-0.2, -0.15) is 0 Å². The predicted molar refractivity (Wildman–Crippen MR) is 141 cm³/mol. The molecule has 3 aromatic rings. The molecule has 0 radical (unpaired) electrons. The Morgan fingerprint density at radius 2 is 1.76 bits per heavy atom. The Kier molecular flexibility index (Phi) is 8.66. The standard InChI is InChI=1S/C29H27ClFNO6/c1-3-37-22-11-12-24(30)23(16-22)27(33)25-26(32(13-14-36-2)29(35)28(25)34)19-5-4-6-21(15-19)38-17-18-7-9-20(31)10-8-18/h4-12,15-16,26,33H,3,13-14,17H2,1-2H3/b27-25+. The van der Waals surface area contributed by atoms with Crippen LogP contribution in [-0.2, 0) is 20.9 Å². The van der Waals surface area contributed by atoms with Crippen molar-refractivity contribution >= 4 is 29.1 Å². The average Bonchev–Trinajstić information content (AvgIpc) is 3.17. The topological polar surface area (TPSA) is 85.3 Å². The van der Waals surface area contributed by atoms with Crippen molar-refractivity contribution in [2.75, 3.05) is 26.9 Å². The van der Waals surface area contributed by atoms with Gasteiger partial charge in [0.15, 0.2) is 0 Å². The molecule has 0 bridgehead atoms. The van der Waals surface area contributed by atoms with E-state index in [1.165, 1.54) is 30.2 Å². The number of rotatable bonds is 10.